The highest BCUT2D eigenvalue weighted by atomic mass is 32.2. The fourth-order valence-electron chi connectivity index (χ4n) is 3.63. The van der Waals surface area contributed by atoms with Gasteiger partial charge in [-0.2, -0.15) is 4.31 Å². The third-order valence-electron chi connectivity index (χ3n) is 5.29. The van der Waals surface area contributed by atoms with Gasteiger partial charge >= 0.3 is 0 Å². The van der Waals surface area contributed by atoms with E-state index in [1.165, 1.54) is 16.4 Å². The van der Waals surface area contributed by atoms with Crippen LogP contribution in [0.15, 0.2) is 29.2 Å². The zero-order valence-corrected chi connectivity index (χ0v) is 15.9. The van der Waals surface area contributed by atoms with Crippen molar-refractivity contribution >= 4 is 15.9 Å². The number of rotatable bonds is 5. The van der Waals surface area contributed by atoms with Crippen LogP contribution in [0.4, 0.5) is 0 Å². The van der Waals surface area contributed by atoms with Gasteiger partial charge in [0, 0.05) is 44.0 Å². The molecule has 2 aliphatic rings. The predicted octanol–water partition coefficient (Wildman–Crippen LogP) is 1.10. The molecule has 1 heterocycles. The van der Waals surface area contributed by atoms with Gasteiger partial charge in [-0.15, -0.1) is 0 Å². The second kappa shape index (κ2) is 8.04. The molecule has 1 saturated heterocycles. The average Bonchev–Trinajstić information content (AvgIpc) is 3.06. The van der Waals surface area contributed by atoms with Gasteiger partial charge in [-0.1, -0.05) is 6.07 Å². The van der Waals surface area contributed by atoms with E-state index in [0.717, 1.165) is 19.3 Å². The molecule has 0 aromatic heterocycles. The Morgan fingerprint density at radius 1 is 1.23 bits per heavy atom. The molecule has 1 aliphatic carbocycles. The molecule has 3 N–H and O–H groups in total. The molecule has 1 aromatic rings. The largest absolute Gasteiger partial charge is 0.381 e. The fourth-order valence-corrected chi connectivity index (χ4v) is 5.09. The molecule has 8 heteroatoms. The number of benzene rings is 1. The van der Waals surface area contributed by atoms with Gasteiger partial charge < -0.3 is 15.8 Å². The van der Waals surface area contributed by atoms with E-state index in [1.54, 1.807) is 19.2 Å². The van der Waals surface area contributed by atoms with Crippen molar-refractivity contribution in [3.63, 3.8) is 0 Å². The highest BCUT2D eigenvalue weighted by molar-refractivity contribution is 7.89. The maximum atomic E-state index is 12.9. The van der Waals surface area contributed by atoms with Crippen LogP contribution in [0.5, 0.6) is 0 Å². The number of nitrogens with zero attached hydrogens (tertiary/aromatic N) is 1. The van der Waals surface area contributed by atoms with E-state index < -0.39 is 10.0 Å². The summed E-state index contributed by atoms with van der Waals surface area (Å²) in [5.41, 5.74) is 6.23. The molecule has 0 radical (unpaired) electrons. The quantitative estimate of drug-likeness (QED) is 0.795. The van der Waals surface area contributed by atoms with Gasteiger partial charge in [0.2, 0.25) is 10.0 Å². The molecular formula is C18H27N3O4S. The number of hydrogen-bond acceptors (Lipinski definition) is 5. The topological polar surface area (TPSA) is 102 Å². The summed E-state index contributed by atoms with van der Waals surface area (Å²) in [5.74, 6) is -0.255. The standard InChI is InChI=1S/C18H27N3O4S/c1-21(16-7-9-25-10-8-16)26(23,24)17-4-2-3-13(11-17)18(22)20-15-6-5-14(19)12-15/h2-4,11,14-16H,5-10,12,19H2,1H3,(H,20,22)/t14-,15-/m1/s1. The normalized spacial score (nSPS) is 24.7. The number of nitrogens with one attached hydrogen (secondary N) is 1. The van der Waals surface area contributed by atoms with Crippen LogP contribution in [0.1, 0.15) is 42.5 Å². The number of carbonyl (C=O) groups is 1. The Bertz CT molecular complexity index is 747. The number of ether oxygens (including phenoxy) is 1. The van der Waals surface area contributed by atoms with E-state index in [0.29, 0.717) is 31.6 Å². The van der Waals surface area contributed by atoms with Gasteiger partial charge in [-0.25, -0.2) is 8.42 Å². The Labute approximate surface area is 154 Å². The molecule has 2 atom stereocenters. The molecule has 1 saturated carbocycles. The van der Waals surface area contributed by atoms with Gasteiger partial charge in [0.15, 0.2) is 0 Å². The Morgan fingerprint density at radius 3 is 2.62 bits per heavy atom. The van der Waals surface area contributed by atoms with Crippen LogP contribution in [0, 0.1) is 0 Å². The van der Waals surface area contributed by atoms with Crippen molar-refractivity contribution in [2.75, 3.05) is 20.3 Å². The molecule has 1 aromatic carbocycles. The van der Waals surface area contributed by atoms with Crippen LogP contribution in [0.25, 0.3) is 0 Å². The SMILES string of the molecule is CN(C1CCOCC1)S(=O)(=O)c1cccc(C(=O)N[C@@H]2CC[C@@H](N)C2)c1. The summed E-state index contributed by atoms with van der Waals surface area (Å²) in [6.07, 6.45) is 3.87. The lowest BCUT2D eigenvalue weighted by atomic mass is 10.1. The summed E-state index contributed by atoms with van der Waals surface area (Å²) in [4.78, 5) is 12.6. The van der Waals surface area contributed by atoms with E-state index >= 15 is 0 Å². The maximum Gasteiger partial charge on any atom is 0.251 e. The average molecular weight is 381 g/mol. The monoisotopic (exact) mass is 381 g/mol. The zero-order chi connectivity index (χ0) is 18.7. The van der Waals surface area contributed by atoms with E-state index in [1.807, 2.05) is 0 Å². The van der Waals surface area contributed by atoms with Crippen LogP contribution in [-0.2, 0) is 14.8 Å². The summed E-state index contributed by atoms with van der Waals surface area (Å²) < 4.78 is 32.6. The molecule has 144 valence electrons. The molecule has 26 heavy (non-hydrogen) atoms. The second-order valence-electron chi connectivity index (χ2n) is 7.14. The van der Waals surface area contributed by atoms with Crippen molar-refractivity contribution in [2.45, 2.75) is 55.1 Å². The third kappa shape index (κ3) is 4.25. The van der Waals surface area contributed by atoms with Crippen LogP contribution in [-0.4, -0.2) is 57.0 Å². The van der Waals surface area contributed by atoms with Gasteiger partial charge in [-0.05, 0) is 50.3 Å². The number of hydrogen-bond donors (Lipinski definition) is 2. The van der Waals surface area contributed by atoms with Crippen LogP contribution < -0.4 is 11.1 Å². The number of sulfonamides is 1. The molecule has 1 aliphatic heterocycles. The minimum Gasteiger partial charge on any atom is -0.381 e. The highest BCUT2D eigenvalue weighted by Gasteiger charge is 2.30. The first-order chi connectivity index (χ1) is 12.4. The lowest BCUT2D eigenvalue weighted by Crippen LogP contribution is -2.40. The summed E-state index contributed by atoms with van der Waals surface area (Å²) >= 11 is 0. The van der Waals surface area contributed by atoms with Crippen LogP contribution >= 0.6 is 0 Å². The van der Waals surface area contributed by atoms with Crippen molar-refractivity contribution in [3.8, 4) is 0 Å². The first-order valence-electron chi connectivity index (χ1n) is 9.10. The molecule has 0 spiro atoms. The third-order valence-corrected chi connectivity index (χ3v) is 7.19. The van der Waals surface area contributed by atoms with Gasteiger partial charge in [0.25, 0.3) is 5.91 Å². The summed E-state index contributed by atoms with van der Waals surface area (Å²) in [5, 5.41) is 2.95. The lowest BCUT2D eigenvalue weighted by Gasteiger charge is -2.30. The Balaban J connectivity index is 1.74. The predicted molar refractivity (Wildman–Crippen MR) is 98.3 cm³/mol. The van der Waals surface area contributed by atoms with Crippen LogP contribution in [0.3, 0.4) is 0 Å². The van der Waals surface area contributed by atoms with Gasteiger partial charge in [0.1, 0.15) is 0 Å². The second-order valence-corrected chi connectivity index (χ2v) is 9.13. The van der Waals surface area contributed by atoms with E-state index in [2.05, 4.69) is 5.32 Å². The van der Waals surface area contributed by atoms with E-state index in [9.17, 15) is 13.2 Å². The molecule has 3 rings (SSSR count). The maximum absolute atomic E-state index is 12.9. The van der Waals surface area contributed by atoms with E-state index in [4.69, 9.17) is 10.5 Å². The lowest BCUT2D eigenvalue weighted by molar-refractivity contribution is 0.0632. The minimum absolute atomic E-state index is 0.0580. The van der Waals surface area contributed by atoms with Gasteiger partial charge in [-0.3, -0.25) is 4.79 Å². The summed E-state index contributed by atoms with van der Waals surface area (Å²) in [6.45, 7) is 1.13. The number of amides is 1. The van der Waals surface area contributed by atoms with Crippen molar-refractivity contribution in [1.82, 2.24) is 9.62 Å². The Kier molecular flexibility index (Phi) is 5.96. The number of nitrogens with two attached hydrogens (primary N) is 1. The van der Waals surface area contributed by atoms with Gasteiger partial charge in [0.05, 0.1) is 4.90 Å². The summed E-state index contributed by atoms with van der Waals surface area (Å²) in [6, 6.07) is 6.34. The van der Waals surface area contributed by atoms with Crippen LogP contribution in [0.2, 0.25) is 0 Å². The fraction of sp³-hybridized carbons (Fsp3) is 0.611. The zero-order valence-electron chi connectivity index (χ0n) is 15.1. The highest BCUT2D eigenvalue weighted by Crippen LogP contribution is 2.23. The van der Waals surface area contributed by atoms with E-state index in [-0.39, 0.29) is 28.9 Å². The summed E-state index contributed by atoms with van der Waals surface area (Å²) in [7, 11) is -2.06. The van der Waals surface area contributed by atoms with Crippen molar-refractivity contribution in [2.24, 2.45) is 5.73 Å². The molecule has 2 fully saturated rings. The first-order valence-corrected chi connectivity index (χ1v) is 10.5. The molecule has 0 bridgehead atoms. The molecule has 0 unspecified atom stereocenters. The minimum atomic E-state index is -3.65. The van der Waals surface area contributed by atoms with Crippen molar-refractivity contribution in [3.05, 3.63) is 29.8 Å². The van der Waals surface area contributed by atoms with Crippen molar-refractivity contribution in [1.29, 1.82) is 0 Å². The molecule has 1 amide bonds. The molecular weight excluding hydrogens is 354 g/mol. The van der Waals surface area contributed by atoms with Crippen molar-refractivity contribution < 1.29 is 17.9 Å². The first kappa shape index (κ1) is 19.3. The smallest absolute Gasteiger partial charge is 0.251 e. The molecule has 7 nitrogen and oxygen atoms in total. The Hall–Kier alpha value is -1.48. The number of carbonyl (C=O) groups excluding carboxylic acids is 1. The Morgan fingerprint density at radius 2 is 1.96 bits per heavy atom.